The van der Waals surface area contributed by atoms with E-state index in [4.69, 9.17) is 25.1 Å². The molecule has 2 heterocycles. The van der Waals surface area contributed by atoms with E-state index in [1.807, 2.05) is 0 Å². The lowest BCUT2D eigenvalue weighted by atomic mass is 9.99. The lowest BCUT2D eigenvalue weighted by molar-refractivity contribution is -0.207. The van der Waals surface area contributed by atoms with Gasteiger partial charge in [-0.2, -0.15) is 0 Å². The minimum absolute atomic E-state index is 0.251. The van der Waals surface area contributed by atoms with Crippen LogP contribution in [0.4, 0.5) is 0 Å². The lowest BCUT2D eigenvalue weighted by Gasteiger charge is -2.37. The third kappa shape index (κ3) is 1.92. The number of nitrogens with two attached hydrogens (primary N) is 1. The van der Waals surface area contributed by atoms with Crippen LogP contribution in [0.3, 0.4) is 0 Å². The summed E-state index contributed by atoms with van der Waals surface area (Å²) in [6.45, 7) is 1.64. The van der Waals surface area contributed by atoms with E-state index >= 15 is 0 Å². The van der Waals surface area contributed by atoms with Crippen LogP contribution in [-0.4, -0.2) is 59.5 Å². The van der Waals surface area contributed by atoms with Crippen molar-refractivity contribution in [3.63, 3.8) is 0 Å². The molecule has 2 rings (SSSR count). The van der Waals surface area contributed by atoms with E-state index in [9.17, 15) is 9.90 Å². The minimum Gasteiger partial charge on any atom is -0.479 e. The van der Waals surface area contributed by atoms with Gasteiger partial charge in [-0.25, -0.2) is 4.79 Å². The number of hydrogen-bond acceptors (Lipinski definition) is 6. The highest BCUT2D eigenvalue weighted by molar-refractivity contribution is 5.71. The van der Waals surface area contributed by atoms with Crippen LogP contribution in [0, 0.1) is 0 Å². The molecular formula is C9H15NO6. The maximum absolute atomic E-state index is 10.7. The summed E-state index contributed by atoms with van der Waals surface area (Å²) in [7, 11) is 0. The van der Waals surface area contributed by atoms with Crippen molar-refractivity contribution in [1.82, 2.24) is 0 Å². The first kappa shape index (κ1) is 11.7. The molecule has 2 fully saturated rings. The van der Waals surface area contributed by atoms with Crippen molar-refractivity contribution in [2.24, 2.45) is 5.73 Å². The zero-order chi connectivity index (χ0) is 11.9. The van der Waals surface area contributed by atoms with E-state index in [0.29, 0.717) is 0 Å². The quantitative estimate of drug-likeness (QED) is 0.532. The Balaban J connectivity index is 2.05. The van der Waals surface area contributed by atoms with Crippen molar-refractivity contribution in [2.75, 3.05) is 6.61 Å². The van der Waals surface area contributed by atoms with E-state index in [1.165, 1.54) is 6.92 Å². The topological polar surface area (TPSA) is 111 Å². The van der Waals surface area contributed by atoms with Crippen molar-refractivity contribution in [2.45, 2.75) is 43.7 Å². The average Bonchev–Trinajstić information content (AvgIpc) is 2.68. The lowest BCUT2D eigenvalue weighted by Crippen LogP contribution is -2.59. The number of carboxylic acids is 1. The van der Waals surface area contributed by atoms with Gasteiger partial charge in [0.05, 0.1) is 12.6 Å². The van der Waals surface area contributed by atoms with Crippen LogP contribution in [-0.2, 0) is 19.0 Å². The molecule has 0 spiro atoms. The minimum atomic E-state index is -1.10. The zero-order valence-electron chi connectivity index (χ0n) is 8.78. The second-order valence-corrected chi connectivity index (χ2v) is 4.03. The van der Waals surface area contributed by atoms with Gasteiger partial charge in [-0.05, 0) is 6.92 Å². The monoisotopic (exact) mass is 233 g/mol. The summed E-state index contributed by atoms with van der Waals surface area (Å²) in [5.74, 6) is -1.10. The van der Waals surface area contributed by atoms with Gasteiger partial charge in [0.25, 0.3) is 0 Å². The van der Waals surface area contributed by atoms with E-state index < -0.39 is 42.7 Å². The molecule has 0 aromatic carbocycles. The van der Waals surface area contributed by atoms with Crippen molar-refractivity contribution in [1.29, 1.82) is 0 Å². The Morgan fingerprint density at radius 3 is 2.94 bits per heavy atom. The smallest absolute Gasteiger partial charge is 0.332 e. The van der Waals surface area contributed by atoms with Gasteiger partial charge in [-0.15, -0.1) is 0 Å². The molecule has 0 amide bonds. The van der Waals surface area contributed by atoms with E-state index in [1.54, 1.807) is 0 Å². The standard InChI is InChI=1S/C9H15NO6/c1-3(8(12)13)15-7-5(10)9-14-2-4(16-9)6(7)11/h3-7,9,11H,2,10H2,1H3,(H,12,13)/t3-,4-,5-,6-,7-,9?/m1/s1. The summed E-state index contributed by atoms with van der Waals surface area (Å²) in [5, 5.41) is 18.6. The number of hydrogen-bond donors (Lipinski definition) is 3. The first-order valence-electron chi connectivity index (χ1n) is 5.09. The average molecular weight is 233 g/mol. The molecule has 92 valence electrons. The molecule has 1 unspecified atom stereocenters. The van der Waals surface area contributed by atoms with Crippen LogP contribution in [0.1, 0.15) is 6.92 Å². The predicted octanol–water partition coefficient (Wildman–Crippen LogP) is -1.71. The Hall–Kier alpha value is -0.730. The van der Waals surface area contributed by atoms with Crippen LogP contribution in [0.25, 0.3) is 0 Å². The zero-order valence-corrected chi connectivity index (χ0v) is 8.78. The first-order chi connectivity index (χ1) is 7.50. The summed E-state index contributed by atoms with van der Waals surface area (Å²) in [6, 6.07) is -0.685. The molecule has 7 nitrogen and oxygen atoms in total. The van der Waals surface area contributed by atoms with Gasteiger partial charge >= 0.3 is 5.97 Å². The van der Waals surface area contributed by atoms with Crippen LogP contribution >= 0.6 is 0 Å². The molecule has 2 bridgehead atoms. The second kappa shape index (κ2) is 4.27. The molecule has 2 aliphatic rings. The summed E-state index contributed by atoms with van der Waals surface area (Å²) in [5.41, 5.74) is 5.77. The third-order valence-electron chi connectivity index (χ3n) is 2.85. The van der Waals surface area contributed by atoms with Crippen molar-refractivity contribution in [3.8, 4) is 0 Å². The first-order valence-corrected chi connectivity index (χ1v) is 5.09. The van der Waals surface area contributed by atoms with Crippen molar-refractivity contribution < 1.29 is 29.2 Å². The molecule has 6 atom stereocenters. The normalized spacial score (nSPS) is 44.3. The Kier molecular flexibility index (Phi) is 3.13. The van der Waals surface area contributed by atoms with Gasteiger partial charge in [-0.1, -0.05) is 0 Å². The fourth-order valence-electron chi connectivity index (χ4n) is 1.88. The molecule has 0 aliphatic carbocycles. The highest BCUT2D eigenvalue weighted by Crippen LogP contribution is 2.29. The molecule has 2 saturated heterocycles. The number of ether oxygens (including phenoxy) is 3. The van der Waals surface area contributed by atoms with E-state index in [2.05, 4.69) is 0 Å². The van der Waals surface area contributed by atoms with Crippen LogP contribution in [0.15, 0.2) is 0 Å². The number of fused-ring (bicyclic) bond motifs is 2. The van der Waals surface area contributed by atoms with Gasteiger partial charge in [0.1, 0.15) is 18.3 Å². The Morgan fingerprint density at radius 2 is 2.31 bits per heavy atom. The SMILES string of the molecule is C[C@@H](O[C@H]1[C@H](O)[C@H]2COC(O2)[C@@H]1N)C(=O)O. The number of carbonyl (C=O) groups is 1. The molecule has 2 aliphatic heterocycles. The summed E-state index contributed by atoms with van der Waals surface area (Å²) < 4.78 is 15.7. The highest BCUT2D eigenvalue weighted by atomic mass is 16.7. The molecule has 4 N–H and O–H groups in total. The highest BCUT2D eigenvalue weighted by Gasteiger charge is 2.50. The fraction of sp³-hybridized carbons (Fsp3) is 0.889. The van der Waals surface area contributed by atoms with E-state index in [0.717, 1.165) is 0 Å². The largest absolute Gasteiger partial charge is 0.479 e. The van der Waals surface area contributed by atoms with Gasteiger partial charge < -0.3 is 30.2 Å². The molecule has 0 aromatic rings. The molecule has 16 heavy (non-hydrogen) atoms. The van der Waals surface area contributed by atoms with E-state index in [-0.39, 0.29) is 6.61 Å². The van der Waals surface area contributed by atoms with Gasteiger partial charge in [0.2, 0.25) is 0 Å². The van der Waals surface area contributed by atoms with Gasteiger partial charge in [0, 0.05) is 0 Å². The van der Waals surface area contributed by atoms with Crippen LogP contribution in [0.2, 0.25) is 0 Å². The number of rotatable bonds is 3. The second-order valence-electron chi connectivity index (χ2n) is 4.03. The fourth-order valence-corrected chi connectivity index (χ4v) is 1.88. The maximum Gasteiger partial charge on any atom is 0.332 e. The summed E-state index contributed by atoms with van der Waals surface area (Å²) in [4.78, 5) is 10.7. The van der Waals surface area contributed by atoms with Crippen molar-refractivity contribution >= 4 is 5.97 Å². The molecule has 7 heteroatoms. The van der Waals surface area contributed by atoms with Crippen LogP contribution < -0.4 is 5.73 Å². The molecule has 0 aromatic heterocycles. The molecule has 0 radical (unpaired) electrons. The number of aliphatic hydroxyl groups is 1. The van der Waals surface area contributed by atoms with Gasteiger partial charge in [-0.3, -0.25) is 0 Å². The van der Waals surface area contributed by atoms with Crippen molar-refractivity contribution in [3.05, 3.63) is 0 Å². The van der Waals surface area contributed by atoms with Gasteiger partial charge in [0.15, 0.2) is 12.4 Å². The summed E-state index contributed by atoms with van der Waals surface area (Å²) >= 11 is 0. The Labute approximate surface area is 92.1 Å². The third-order valence-corrected chi connectivity index (χ3v) is 2.85. The Morgan fingerprint density at radius 1 is 1.62 bits per heavy atom. The Bertz CT molecular complexity index is 269. The number of aliphatic carboxylic acids is 1. The maximum atomic E-state index is 10.7. The molecule has 0 saturated carbocycles. The summed E-state index contributed by atoms with van der Waals surface area (Å²) in [6.07, 6.45) is -3.88. The predicted molar refractivity (Wildman–Crippen MR) is 50.6 cm³/mol. The molecular weight excluding hydrogens is 218 g/mol. The van der Waals surface area contributed by atoms with Crippen LogP contribution in [0.5, 0.6) is 0 Å². The number of carboxylic acid groups (broad SMARTS) is 1. The number of aliphatic hydroxyl groups excluding tert-OH is 1.